The lowest BCUT2D eigenvalue weighted by Crippen LogP contribution is -2.09. The van der Waals surface area contributed by atoms with Crippen LogP contribution in [0.1, 0.15) is 16.1 Å². The van der Waals surface area contributed by atoms with Gasteiger partial charge in [0.1, 0.15) is 11.4 Å². The Labute approximate surface area is 120 Å². The summed E-state index contributed by atoms with van der Waals surface area (Å²) in [5, 5.41) is 7.57. The number of ketones is 1. The van der Waals surface area contributed by atoms with Crippen LogP contribution < -0.4 is 4.74 Å². The Morgan fingerprint density at radius 3 is 2.61 bits per heavy atom. The topological polar surface area (TPSA) is 57.0 Å². The van der Waals surface area contributed by atoms with E-state index in [-0.39, 0.29) is 5.78 Å². The molecule has 1 aromatic carbocycles. The van der Waals surface area contributed by atoms with Crippen molar-refractivity contribution in [2.75, 3.05) is 7.11 Å². The van der Waals surface area contributed by atoms with Gasteiger partial charge in [0.05, 0.1) is 11.6 Å². The summed E-state index contributed by atoms with van der Waals surface area (Å²) in [6.07, 6.45) is 0. The Morgan fingerprint density at radius 1 is 1.39 bits per heavy atom. The van der Waals surface area contributed by atoms with Crippen molar-refractivity contribution in [3.05, 3.63) is 38.5 Å². The number of methoxy groups -OCH3 is 1. The zero-order valence-electron chi connectivity index (χ0n) is 9.65. The Morgan fingerprint density at radius 2 is 2.11 bits per heavy atom. The van der Waals surface area contributed by atoms with Crippen molar-refractivity contribution in [1.29, 1.82) is 0 Å². The predicted octanol–water partition coefficient (Wildman–Crippen LogP) is 2.58. The van der Waals surface area contributed by atoms with E-state index in [0.29, 0.717) is 21.6 Å². The number of benzene rings is 1. The fourth-order valence-electron chi connectivity index (χ4n) is 1.52. The number of aromatic nitrogens is 3. The van der Waals surface area contributed by atoms with Crippen LogP contribution in [-0.4, -0.2) is 27.9 Å². The third kappa shape index (κ3) is 2.32. The summed E-state index contributed by atoms with van der Waals surface area (Å²) in [4.78, 5) is 12.3. The largest absolute Gasteiger partial charge is 0.496 e. The molecule has 0 spiro atoms. The van der Waals surface area contributed by atoms with Crippen LogP contribution in [0.4, 0.5) is 0 Å². The number of carbonyl (C=O) groups is 1. The maximum atomic E-state index is 12.3. The normalized spacial score (nSPS) is 10.4. The van der Waals surface area contributed by atoms with E-state index in [9.17, 15) is 4.79 Å². The molecule has 94 valence electrons. The van der Waals surface area contributed by atoms with Gasteiger partial charge in [-0.2, -0.15) is 0 Å². The molecule has 5 nitrogen and oxygen atoms in total. The molecule has 0 aliphatic rings. The predicted molar refractivity (Wildman–Crippen MR) is 72.8 cm³/mol. The number of ether oxygens (including phenoxy) is 1. The molecule has 0 amide bonds. The van der Waals surface area contributed by atoms with Crippen LogP contribution in [0, 0.1) is 0 Å². The Hall–Kier alpha value is -1.21. The number of hydrogen-bond acceptors (Lipinski definition) is 4. The number of rotatable bonds is 3. The van der Waals surface area contributed by atoms with Gasteiger partial charge in [0.25, 0.3) is 0 Å². The van der Waals surface area contributed by atoms with Crippen molar-refractivity contribution in [3.8, 4) is 5.75 Å². The van der Waals surface area contributed by atoms with Crippen molar-refractivity contribution >= 4 is 37.6 Å². The number of carbonyl (C=O) groups excluding carboxylic acids is 1. The fraction of sp³-hybridized carbons (Fsp3) is 0.182. The first-order valence-electron chi connectivity index (χ1n) is 4.98. The Balaban J connectivity index is 2.44. The molecule has 0 atom stereocenters. The Kier molecular flexibility index (Phi) is 3.82. The van der Waals surface area contributed by atoms with Crippen LogP contribution >= 0.6 is 31.9 Å². The Bertz CT molecular complexity index is 591. The number of nitrogens with zero attached hydrogens (tertiary/aromatic N) is 3. The third-order valence-electron chi connectivity index (χ3n) is 2.41. The van der Waals surface area contributed by atoms with Crippen LogP contribution in [0.25, 0.3) is 0 Å². The van der Waals surface area contributed by atoms with Crippen molar-refractivity contribution in [2.24, 2.45) is 7.05 Å². The highest BCUT2D eigenvalue weighted by molar-refractivity contribution is 9.10. The van der Waals surface area contributed by atoms with E-state index >= 15 is 0 Å². The summed E-state index contributed by atoms with van der Waals surface area (Å²) in [5.74, 6) is 0.520. The van der Waals surface area contributed by atoms with Crippen LogP contribution in [0.2, 0.25) is 0 Å². The van der Waals surface area contributed by atoms with Gasteiger partial charge in [-0.25, -0.2) is 4.68 Å². The van der Waals surface area contributed by atoms with Gasteiger partial charge in [-0.1, -0.05) is 5.21 Å². The molecule has 0 unspecified atom stereocenters. The molecule has 0 aliphatic heterocycles. The maximum absolute atomic E-state index is 12.3. The number of hydrogen-bond donors (Lipinski definition) is 0. The van der Waals surface area contributed by atoms with Crippen LogP contribution in [0.3, 0.4) is 0 Å². The van der Waals surface area contributed by atoms with Gasteiger partial charge in [-0.3, -0.25) is 4.79 Å². The van der Waals surface area contributed by atoms with Gasteiger partial charge >= 0.3 is 0 Å². The standard InChI is InChI=1S/C11H9Br2N3O2/c1-16-9(11(13)14-15-16)10(17)6-3-4-8(18-2)7(12)5-6/h3-5H,1-2H3. The molecule has 0 fully saturated rings. The lowest BCUT2D eigenvalue weighted by atomic mass is 10.1. The smallest absolute Gasteiger partial charge is 0.213 e. The zero-order chi connectivity index (χ0) is 13.3. The summed E-state index contributed by atoms with van der Waals surface area (Å²) in [5.41, 5.74) is 0.945. The molecule has 0 radical (unpaired) electrons. The fourth-order valence-corrected chi connectivity index (χ4v) is 2.57. The highest BCUT2D eigenvalue weighted by Crippen LogP contribution is 2.27. The minimum atomic E-state index is -0.155. The quantitative estimate of drug-likeness (QED) is 0.775. The minimum Gasteiger partial charge on any atom is -0.496 e. The van der Waals surface area contributed by atoms with Gasteiger partial charge in [-0.15, -0.1) is 5.10 Å². The third-order valence-corrected chi connectivity index (χ3v) is 3.57. The summed E-state index contributed by atoms with van der Waals surface area (Å²) in [6, 6.07) is 5.14. The second-order valence-electron chi connectivity index (χ2n) is 3.53. The molecule has 0 aliphatic carbocycles. The maximum Gasteiger partial charge on any atom is 0.213 e. The molecular weight excluding hydrogens is 366 g/mol. The molecular formula is C11H9Br2N3O2. The zero-order valence-corrected chi connectivity index (χ0v) is 12.8. The monoisotopic (exact) mass is 373 g/mol. The van der Waals surface area contributed by atoms with E-state index in [1.807, 2.05) is 0 Å². The molecule has 2 aromatic rings. The first kappa shape index (κ1) is 13.2. The summed E-state index contributed by atoms with van der Waals surface area (Å²) in [7, 11) is 3.24. The van der Waals surface area contributed by atoms with E-state index in [1.165, 1.54) is 4.68 Å². The molecule has 0 N–H and O–H groups in total. The van der Waals surface area contributed by atoms with Gasteiger partial charge in [0.2, 0.25) is 5.78 Å². The highest BCUT2D eigenvalue weighted by Gasteiger charge is 2.19. The average Bonchev–Trinajstić information content (AvgIpc) is 2.68. The van der Waals surface area contributed by atoms with Gasteiger partial charge in [-0.05, 0) is 50.1 Å². The molecule has 7 heteroatoms. The van der Waals surface area contributed by atoms with Crippen LogP contribution in [0.5, 0.6) is 5.75 Å². The summed E-state index contributed by atoms with van der Waals surface area (Å²) >= 11 is 6.56. The first-order chi connectivity index (χ1) is 8.54. The molecule has 1 heterocycles. The van der Waals surface area contributed by atoms with Crippen LogP contribution in [0.15, 0.2) is 27.3 Å². The minimum absolute atomic E-state index is 0.155. The number of aryl methyl sites for hydroxylation is 1. The first-order valence-corrected chi connectivity index (χ1v) is 6.56. The lowest BCUT2D eigenvalue weighted by molar-refractivity contribution is 0.102. The van der Waals surface area contributed by atoms with Crippen molar-refractivity contribution in [2.45, 2.75) is 0 Å². The van der Waals surface area contributed by atoms with Gasteiger partial charge in [0, 0.05) is 12.6 Å². The van der Waals surface area contributed by atoms with Crippen LogP contribution in [-0.2, 0) is 7.05 Å². The second kappa shape index (κ2) is 5.19. The number of halogens is 2. The van der Waals surface area contributed by atoms with Crippen molar-refractivity contribution in [3.63, 3.8) is 0 Å². The molecule has 0 bridgehead atoms. The van der Waals surface area contributed by atoms with E-state index < -0.39 is 0 Å². The molecule has 0 saturated carbocycles. The van der Waals surface area contributed by atoms with E-state index in [1.54, 1.807) is 32.4 Å². The van der Waals surface area contributed by atoms with E-state index in [0.717, 1.165) is 4.47 Å². The SMILES string of the molecule is COc1ccc(C(=O)c2c(Br)nnn2C)cc1Br. The van der Waals surface area contributed by atoms with Crippen molar-refractivity contribution in [1.82, 2.24) is 15.0 Å². The molecule has 1 aromatic heterocycles. The van der Waals surface area contributed by atoms with E-state index in [4.69, 9.17) is 4.74 Å². The molecule has 2 rings (SSSR count). The van der Waals surface area contributed by atoms with Crippen molar-refractivity contribution < 1.29 is 9.53 Å². The lowest BCUT2D eigenvalue weighted by Gasteiger charge is -2.06. The second-order valence-corrected chi connectivity index (χ2v) is 5.14. The average molecular weight is 375 g/mol. The van der Waals surface area contributed by atoms with E-state index in [2.05, 4.69) is 42.2 Å². The molecule has 18 heavy (non-hydrogen) atoms. The summed E-state index contributed by atoms with van der Waals surface area (Å²) in [6.45, 7) is 0. The van der Waals surface area contributed by atoms with Gasteiger partial charge < -0.3 is 4.74 Å². The van der Waals surface area contributed by atoms with Gasteiger partial charge in [0.15, 0.2) is 4.60 Å². The highest BCUT2D eigenvalue weighted by atomic mass is 79.9. The molecule has 0 saturated heterocycles. The summed E-state index contributed by atoms with van der Waals surface area (Å²) < 4.78 is 7.71.